The Morgan fingerprint density at radius 1 is 1.05 bits per heavy atom. The van der Waals surface area contributed by atoms with Gasteiger partial charge in [-0.25, -0.2) is 4.79 Å². The van der Waals surface area contributed by atoms with Crippen LogP contribution in [0.4, 0.5) is 4.79 Å². The van der Waals surface area contributed by atoms with Crippen molar-refractivity contribution < 1.29 is 14.3 Å². The van der Waals surface area contributed by atoms with Crippen LogP contribution in [-0.4, -0.2) is 22.7 Å². The van der Waals surface area contributed by atoms with Crippen molar-refractivity contribution in [2.75, 3.05) is 0 Å². The first-order valence-corrected chi connectivity index (χ1v) is 8.29. The van der Waals surface area contributed by atoms with Crippen molar-refractivity contribution in [2.24, 2.45) is 11.8 Å². The van der Waals surface area contributed by atoms with Crippen LogP contribution < -0.4 is 0 Å². The molecular formula is C15H25BrO3. The molecule has 2 aliphatic rings. The van der Waals surface area contributed by atoms with Crippen LogP contribution in [0.3, 0.4) is 0 Å². The molecule has 0 spiro atoms. The minimum absolute atomic E-state index is 0.0583. The highest BCUT2D eigenvalue weighted by atomic mass is 79.9. The van der Waals surface area contributed by atoms with Crippen LogP contribution in [0.5, 0.6) is 0 Å². The minimum Gasteiger partial charge on any atom is -0.431 e. The quantitative estimate of drug-likeness (QED) is 0.517. The van der Waals surface area contributed by atoms with Gasteiger partial charge in [-0.1, -0.05) is 15.9 Å². The summed E-state index contributed by atoms with van der Waals surface area (Å²) in [5, 5.41) is 0. The second kappa shape index (κ2) is 6.02. The number of hydrogen-bond acceptors (Lipinski definition) is 3. The lowest BCUT2D eigenvalue weighted by Crippen LogP contribution is -2.36. The Morgan fingerprint density at radius 2 is 1.68 bits per heavy atom. The fourth-order valence-electron chi connectivity index (χ4n) is 3.31. The van der Waals surface area contributed by atoms with Gasteiger partial charge in [0.15, 0.2) is 0 Å². The molecule has 2 fully saturated rings. The van der Waals surface area contributed by atoms with Crippen LogP contribution in [0, 0.1) is 11.8 Å². The normalized spacial score (nSPS) is 35.4. The molecule has 3 nitrogen and oxygen atoms in total. The number of alkyl halides is 1. The number of halogens is 1. The third-order valence-electron chi connectivity index (χ3n) is 4.15. The van der Waals surface area contributed by atoms with E-state index in [1.165, 1.54) is 25.7 Å². The van der Waals surface area contributed by atoms with Crippen molar-refractivity contribution in [1.29, 1.82) is 0 Å². The summed E-state index contributed by atoms with van der Waals surface area (Å²) in [7, 11) is 0. The monoisotopic (exact) mass is 332 g/mol. The Bertz CT molecular complexity index is 324. The molecule has 0 heterocycles. The van der Waals surface area contributed by atoms with Crippen molar-refractivity contribution >= 4 is 22.1 Å². The molecular weight excluding hydrogens is 308 g/mol. The molecule has 19 heavy (non-hydrogen) atoms. The fraction of sp³-hybridized carbons (Fsp3) is 0.933. The summed E-state index contributed by atoms with van der Waals surface area (Å²) in [5.74, 6) is 1.55. The highest BCUT2D eigenvalue weighted by molar-refractivity contribution is 9.09. The van der Waals surface area contributed by atoms with E-state index in [4.69, 9.17) is 9.47 Å². The predicted octanol–water partition coefficient (Wildman–Crippen LogP) is 4.67. The first-order valence-electron chi connectivity index (χ1n) is 7.37. The zero-order chi connectivity index (χ0) is 14.0. The van der Waals surface area contributed by atoms with E-state index in [-0.39, 0.29) is 6.10 Å². The van der Waals surface area contributed by atoms with E-state index < -0.39 is 11.8 Å². The van der Waals surface area contributed by atoms with E-state index >= 15 is 0 Å². The number of ether oxygens (including phenoxy) is 2. The summed E-state index contributed by atoms with van der Waals surface area (Å²) in [4.78, 5) is 12.4. The van der Waals surface area contributed by atoms with Gasteiger partial charge in [-0.05, 0) is 71.1 Å². The first kappa shape index (κ1) is 15.1. The fourth-order valence-corrected chi connectivity index (χ4v) is 4.05. The summed E-state index contributed by atoms with van der Waals surface area (Å²) < 4.78 is 10.7. The number of hydrogen-bond donors (Lipinski definition) is 0. The van der Waals surface area contributed by atoms with Gasteiger partial charge in [0.2, 0.25) is 0 Å². The molecule has 0 bridgehead atoms. The van der Waals surface area contributed by atoms with E-state index in [0.29, 0.717) is 4.83 Å². The summed E-state index contributed by atoms with van der Waals surface area (Å²) in [5.41, 5.74) is -0.470. The Hall–Kier alpha value is -0.250. The highest BCUT2D eigenvalue weighted by Gasteiger charge is 2.36. The molecule has 0 radical (unpaired) electrons. The lowest BCUT2D eigenvalue weighted by Gasteiger charge is -2.40. The standard InChI is InChI=1S/C15H25BrO3/c1-15(2,3)19-14(17)18-13-7-5-10-8-12(16)6-4-11(10)9-13/h10-13H,4-9H2,1-3H3. The van der Waals surface area contributed by atoms with Crippen molar-refractivity contribution in [3.8, 4) is 0 Å². The molecule has 0 aliphatic heterocycles. The second-order valence-corrected chi connectivity index (χ2v) is 8.24. The van der Waals surface area contributed by atoms with Gasteiger partial charge in [-0.2, -0.15) is 0 Å². The number of fused-ring (bicyclic) bond motifs is 1. The van der Waals surface area contributed by atoms with E-state index in [2.05, 4.69) is 15.9 Å². The largest absolute Gasteiger partial charge is 0.509 e. The third-order valence-corrected chi connectivity index (χ3v) is 4.99. The molecule has 2 aliphatic carbocycles. The molecule has 0 aromatic rings. The van der Waals surface area contributed by atoms with Crippen LogP contribution >= 0.6 is 15.9 Å². The lowest BCUT2D eigenvalue weighted by molar-refractivity contribution is -0.0464. The molecule has 0 aromatic heterocycles. The predicted molar refractivity (Wildman–Crippen MR) is 78.5 cm³/mol. The van der Waals surface area contributed by atoms with Crippen LogP contribution in [-0.2, 0) is 9.47 Å². The SMILES string of the molecule is CC(C)(C)OC(=O)OC1CCC2CC(Br)CCC2C1. The Labute approximate surface area is 124 Å². The topological polar surface area (TPSA) is 35.5 Å². The van der Waals surface area contributed by atoms with Gasteiger partial charge in [0.25, 0.3) is 0 Å². The maximum atomic E-state index is 11.7. The van der Waals surface area contributed by atoms with Gasteiger partial charge in [0.05, 0.1) is 0 Å². The maximum Gasteiger partial charge on any atom is 0.509 e. The van der Waals surface area contributed by atoms with Gasteiger partial charge in [-0.3, -0.25) is 0 Å². The van der Waals surface area contributed by atoms with Crippen molar-refractivity contribution in [2.45, 2.75) is 75.8 Å². The lowest BCUT2D eigenvalue weighted by atomic mass is 9.70. The Morgan fingerprint density at radius 3 is 2.37 bits per heavy atom. The summed E-state index contributed by atoms with van der Waals surface area (Å²) in [6, 6.07) is 0. The van der Waals surface area contributed by atoms with Crippen molar-refractivity contribution in [1.82, 2.24) is 0 Å². The van der Waals surface area contributed by atoms with Crippen LogP contribution in [0.2, 0.25) is 0 Å². The van der Waals surface area contributed by atoms with Gasteiger partial charge >= 0.3 is 6.16 Å². The van der Waals surface area contributed by atoms with Gasteiger partial charge in [-0.15, -0.1) is 0 Å². The number of carbonyl (C=O) groups excluding carboxylic acids is 1. The zero-order valence-electron chi connectivity index (χ0n) is 12.2. The van der Waals surface area contributed by atoms with Gasteiger partial charge in [0.1, 0.15) is 11.7 Å². The van der Waals surface area contributed by atoms with Crippen LogP contribution in [0.1, 0.15) is 59.3 Å². The summed E-state index contributed by atoms with van der Waals surface area (Å²) in [6.45, 7) is 5.59. The Kier molecular flexibility index (Phi) is 4.80. The van der Waals surface area contributed by atoms with E-state index in [1.807, 2.05) is 20.8 Å². The summed E-state index contributed by atoms with van der Waals surface area (Å²) in [6.07, 6.45) is 6.52. The molecule has 2 rings (SSSR count). The summed E-state index contributed by atoms with van der Waals surface area (Å²) >= 11 is 3.73. The highest BCUT2D eigenvalue weighted by Crippen LogP contribution is 2.43. The minimum atomic E-state index is -0.509. The Balaban J connectivity index is 1.80. The van der Waals surface area contributed by atoms with E-state index in [1.54, 1.807) is 0 Å². The van der Waals surface area contributed by atoms with Gasteiger partial charge in [0, 0.05) is 4.83 Å². The van der Waals surface area contributed by atoms with Crippen molar-refractivity contribution in [3.05, 3.63) is 0 Å². The molecule has 4 heteroatoms. The maximum absolute atomic E-state index is 11.7. The molecule has 0 aromatic carbocycles. The van der Waals surface area contributed by atoms with Crippen molar-refractivity contribution in [3.63, 3.8) is 0 Å². The molecule has 4 atom stereocenters. The molecule has 0 amide bonds. The molecule has 2 saturated carbocycles. The van der Waals surface area contributed by atoms with Gasteiger partial charge < -0.3 is 9.47 Å². The second-order valence-electron chi connectivity index (χ2n) is 6.95. The number of carbonyl (C=O) groups is 1. The average molecular weight is 333 g/mol. The molecule has 0 N–H and O–H groups in total. The van der Waals surface area contributed by atoms with Crippen LogP contribution in [0.15, 0.2) is 0 Å². The van der Waals surface area contributed by atoms with Crippen LogP contribution in [0.25, 0.3) is 0 Å². The number of rotatable bonds is 1. The molecule has 4 unspecified atom stereocenters. The smallest absolute Gasteiger partial charge is 0.431 e. The molecule has 110 valence electrons. The average Bonchev–Trinajstić information content (AvgIpc) is 2.26. The van der Waals surface area contributed by atoms with E-state index in [0.717, 1.165) is 24.7 Å². The zero-order valence-corrected chi connectivity index (χ0v) is 13.7. The molecule has 0 saturated heterocycles. The third kappa shape index (κ3) is 4.66. The van der Waals surface area contributed by atoms with E-state index in [9.17, 15) is 4.79 Å². The first-order chi connectivity index (χ1) is 8.83.